The third-order valence-electron chi connectivity index (χ3n) is 14.1. The van der Waals surface area contributed by atoms with Gasteiger partial charge >= 0.3 is 11.7 Å². The summed E-state index contributed by atoms with van der Waals surface area (Å²) in [6.45, 7) is 9.30. The number of likely N-dealkylation sites (tertiary alicyclic amines) is 1. The zero-order valence-corrected chi connectivity index (χ0v) is 46.2. The number of halogens is 3. The molecule has 1 saturated heterocycles. The zero-order chi connectivity index (χ0) is 56.9. The quantitative estimate of drug-likeness (QED) is 0.0425. The first-order valence-corrected chi connectivity index (χ1v) is 28.2. The molecule has 79 heavy (non-hydrogen) atoms. The molecular formula is C58H62F3N7O9S2. The van der Waals surface area contributed by atoms with Crippen molar-refractivity contribution in [3.05, 3.63) is 131 Å². The molecular weight excluding hydrogens is 1060 g/mol. The standard InChI is InChI=1S/C58H62F3N7O9S2/c1-33-53(78-32-64-33)38-13-10-35(11-14-38)12-25-48(71)47-29-43(70)31-68(47)55(72)45(58(3,4)5)28-42(69)9-7-8-26-76-56(73)39-17-15-37(16-18-39)44-30-63-54(62)50-51(65-67(6)52(44)50)40-21-24-46(66-79(74,75)57(60)61)49(27-40)77-34(2)36-19-22-41(59)23-20-36/h10-11,13-24,27,30,32,34,43,45,47,57,66,70H,7-9,12,25-26,28-29,31H2,1-6H3,(H2,62,63)/t34-,43+,45+,47-/m0/s1. The van der Waals surface area contributed by atoms with Crippen molar-refractivity contribution in [2.24, 2.45) is 18.4 Å². The highest BCUT2D eigenvalue weighted by molar-refractivity contribution is 7.93. The topological polar surface area (TPSA) is 226 Å². The van der Waals surface area contributed by atoms with Gasteiger partial charge in [-0.05, 0) is 97.2 Å². The van der Waals surface area contributed by atoms with Crippen molar-refractivity contribution in [1.29, 1.82) is 0 Å². The first-order valence-electron chi connectivity index (χ1n) is 25.8. The van der Waals surface area contributed by atoms with Crippen LogP contribution in [0.4, 0.5) is 24.7 Å². The number of fused-ring (bicyclic) bond motifs is 1. The van der Waals surface area contributed by atoms with Crippen molar-refractivity contribution in [2.45, 2.75) is 104 Å². The number of aryl methyl sites for hydroxylation is 3. The van der Waals surface area contributed by atoms with Crippen LogP contribution in [0.15, 0.2) is 103 Å². The van der Waals surface area contributed by atoms with Crippen LogP contribution in [0.5, 0.6) is 5.75 Å². The molecule has 4 aromatic carbocycles. The lowest BCUT2D eigenvalue weighted by Crippen LogP contribution is -2.47. The summed E-state index contributed by atoms with van der Waals surface area (Å²) >= 11 is 1.57. The number of rotatable bonds is 22. The Morgan fingerprint density at radius 2 is 1.61 bits per heavy atom. The minimum atomic E-state index is -5.10. The number of benzene rings is 4. The fourth-order valence-electron chi connectivity index (χ4n) is 9.74. The van der Waals surface area contributed by atoms with E-state index in [2.05, 4.69) is 9.97 Å². The summed E-state index contributed by atoms with van der Waals surface area (Å²) in [6.07, 6.45) is 1.66. The Morgan fingerprint density at radius 1 is 0.924 bits per heavy atom. The Balaban J connectivity index is 0.863. The number of anilines is 2. The van der Waals surface area contributed by atoms with Gasteiger partial charge in [0.05, 0.1) is 57.0 Å². The number of sulfonamides is 1. The van der Waals surface area contributed by atoms with E-state index in [-0.39, 0.29) is 79.1 Å². The fraction of sp³-hybridized carbons (Fsp3) is 0.362. The van der Waals surface area contributed by atoms with Gasteiger partial charge in [0, 0.05) is 62.5 Å². The maximum Gasteiger partial charge on any atom is 0.355 e. The van der Waals surface area contributed by atoms with E-state index < -0.39 is 57.1 Å². The van der Waals surface area contributed by atoms with Crippen LogP contribution in [-0.4, -0.2) is 92.7 Å². The molecule has 0 saturated carbocycles. The number of hydrogen-bond acceptors (Lipinski definition) is 14. The number of nitrogens with zero attached hydrogens (tertiary/aromatic N) is 5. The molecule has 16 nitrogen and oxygen atoms in total. The van der Waals surface area contributed by atoms with E-state index in [0.717, 1.165) is 21.7 Å². The molecule has 1 aliphatic rings. The number of nitrogens with two attached hydrogens (primary N) is 1. The number of nitrogen functional groups attached to an aromatic ring is 1. The van der Waals surface area contributed by atoms with Gasteiger partial charge in [-0.1, -0.05) is 75.4 Å². The van der Waals surface area contributed by atoms with Crippen LogP contribution in [0.25, 0.3) is 43.7 Å². The monoisotopic (exact) mass is 1120 g/mol. The van der Waals surface area contributed by atoms with Crippen LogP contribution >= 0.6 is 11.3 Å². The first kappa shape index (κ1) is 57.7. The number of unbranched alkanes of at least 4 members (excludes halogenated alkanes) is 1. The number of aliphatic hydroxyl groups excluding tert-OH is 1. The molecule has 8 rings (SSSR count). The van der Waals surface area contributed by atoms with Gasteiger partial charge in [-0.3, -0.25) is 23.8 Å². The van der Waals surface area contributed by atoms with E-state index in [1.807, 2.05) is 62.2 Å². The highest BCUT2D eigenvalue weighted by atomic mass is 32.2. The van der Waals surface area contributed by atoms with Crippen LogP contribution in [0, 0.1) is 24.1 Å². The van der Waals surface area contributed by atoms with Crippen molar-refractivity contribution in [1.82, 2.24) is 24.6 Å². The number of amides is 1. The van der Waals surface area contributed by atoms with Crippen LogP contribution in [0.1, 0.15) is 99.5 Å². The maximum atomic E-state index is 14.2. The molecule has 3 aromatic heterocycles. The SMILES string of the molecule is Cc1ncsc1-c1ccc(CCC(=O)[C@@H]2C[C@@H](O)CN2C(=O)[C@@H](CC(=O)CCCCOC(=O)c2ccc(-c3cnc(N)c4c(-c5ccc(NS(=O)(=O)C(F)F)c(O[C@@H](C)c6ccc(F)cc6)c5)nn(C)c34)cc2)C(C)(C)C)cc1. The lowest BCUT2D eigenvalue weighted by atomic mass is 9.76. The Hall–Kier alpha value is -7.49. The lowest BCUT2D eigenvalue weighted by molar-refractivity contribution is -0.145. The molecule has 0 spiro atoms. The number of esters is 1. The number of hydrogen-bond donors (Lipinski definition) is 3. The molecule has 1 aliphatic heterocycles. The van der Waals surface area contributed by atoms with Gasteiger partial charge in [0.15, 0.2) is 5.78 Å². The molecule has 0 radical (unpaired) electrons. The van der Waals surface area contributed by atoms with E-state index >= 15 is 0 Å². The van der Waals surface area contributed by atoms with Crippen LogP contribution in [0.2, 0.25) is 0 Å². The number of β-amino-alcohol motifs (C(OH)–C–C–N with tert-alkyl or cyclic N) is 1. The molecule has 1 amide bonds. The van der Waals surface area contributed by atoms with Gasteiger partial charge in [0.25, 0.3) is 10.0 Å². The second-order valence-corrected chi connectivity index (χ2v) is 23.3. The summed E-state index contributed by atoms with van der Waals surface area (Å²) in [5, 5.41) is 15.8. The molecule has 1 fully saturated rings. The normalized spacial score (nSPS) is 15.6. The van der Waals surface area contributed by atoms with E-state index in [4.69, 9.17) is 20.3 Å². The summed E-state index contributed by atoms with van der Waals surface area (Å²) in [6, 6.07) is 23.4. The third kappa shape index (κ3) is 13.5. The number of pyridine rings is 1. The molecule has 0 bridgehead atoms. The first-order chi connectivity index (χ1) is 37.5. The van der Waals surface area contributed by atoms with Crippen molar-refractivity contribution >= 4 is 67.2 Å². The summed E-state index contributed by atoms with van der Waals surface area (Å²) in [5.74, 6) is -6.13. The minimum absolute atomic E-state index is 0.0197. The highest BCUT2D eigenvalue weighted by Crippen LogP contribution is 2.41. The number of aliphatic hydroxyl groups is 1. The molecule has 0 unspecified atom stereocenters. The van der Waals surface area contributed by atoms with Crippen LogP contribution in [0.3, 0.4) is 0 Å². The molecule has 7 aromatic rings. The zero-order valence-electron chi connectivity index (χ0n) is 44.5. The number of Topliss-reactive ketones (excluding diaryl/α,β-unsaturated/α-hetero) is 2. The Bertz CT molecular complexity index is 3470. The van der Waals surface area contributed by atoms with E-state index in [9.17, 15) is 45.9 Å². The Morgan fingerprint density at radius 3 is 2.27 bits per heavy atom. The lowest BCUT2D eigenvalue weighted by Gasteiger charge is -2.34. The average Bonchev–Trinajstić information content (AvgIpc) is 4.37. The van der Waals surface area contributed by atoms with E-state index in [0.29, 0.717) is 58.1 Å². The number of ether oxygens (including phenoxy) is 2. The Labute approximate surface area is 460 Å². The number of carbonyl (C=O) groups is 4. The molecule has 4 N–H and O–H groups in total. The smallest absolute Gasteiger partial charge is 0.355 e. The van der Waals surface area contributed by atoms with Crippen LogP contribution < -0.4 is 15.2 Å². The third-order valence-corrected chi connectivity index (χ3v) is 16.1. The summed E-state index contributed by atoms with van der Waals surface area (Å²) < 4.78 is 80.3. The molecule has 4 heterocycles. The molecule has 21 heteroatoms. The second-order valence-electron chi connectivity index (χ2n) is 20.8. The second kappa shape index (κ2) is 24.3. The van der Waals surface area contributed by atoms with Gasteiger partial charge in [0.1, 0.15) is 35.0 Å². The minimum Gasteiger partial charge on any atom is -0.484 e. The molecule has 416 valence electrons. The van der Waals surface area contributed by atoms with Gasteiger partial charge in [0.2, 0.25) is 5.91 Å². The predicted molar refractivity (Wildman–Crippen MR) is 296 cm³/mol. The summed E-state index contributed by atoms with van der Waals surface area (Å²) in [4.78, 5) is 65.8. The average molecular weight is 1120 g/mol. The fourth-order valence-corrected chi connectivity index (χ4v) is 11.1. The number of thiazole rings is 1. The molecule has 4 atom stereocenters. The maximum absolute atomic E-state index is 14.2. The van der Waals surface area contributed by atoms with E-state index in [1.165, 1.54) is 47.4 Å². The van der Waals surface area contributed by atoms with Crippen LogP contribution in [-0.2, 0) is 42.6 Å². The van der Waals surface area contributed by atoms with Gasteiger partial charge < -0.3 is 25.2 Å². The summed E-state index contributed by atoms with van der Waals surface area (Å²) in [7, 11) is -3.42. The number of carbonyl (C=O) groups excluding carboxylic acids is 4. The van der Waals surface area contributed by atoms with Crippen molar-refractivity contribution in [3.63, 3.8) is 0 Å². The Kier molecular flexibility index (Phi) is 17.7. The highest BCUT2D eigenvalue weighted by Gasteiger charge is 2.44. The van der Waals surface area contributed by atoms with Gasteiger partial charge in [-0.15, -0.1) is 11.3 Å². The number of alkyl halides is 2. The largest absolute Gasteiger partial charge is 0.484 e. The predicted octanol–water partition coefficient (Wildman–Crippen LogP) is 10.7. The molecule has 0 aliphatic carbocycles. The van der Waals surface area contributed by atoms with Gasteiger partial charge in [-0.25, -0.2) is 27.6 Å². The van der Waals surface area contributed by atoms with Crippen molar-refractivity contribution in [3.8, 4) is 38.6 Å². The summed E-state index contributed by atoms with van der Waals surface area (Å²) in [5.41, 5.74) is 13.7. The van der Waals surface area contributed by atoms with E-state index in [1.54, 1.807) is 60.5 Å². The number of nitrogens with one attached hydrogen (secondary N) is 1. The number of ketones is 2. The van der Waals surface area contributed by atoms with Crippen molar-refractivity contribution in [2.75, 3.05) is 23.6 Å². The van der Waals surface area contributed by atoms with Crippen molar-refractivity contribution < 1.29 is 55.3 Å². The van der Waals surface area contributed by atoms with Gasteiger partial charge in [-0.2, -0.15) is 13.9 Å². The number of aromatic nitrogens is 4.